The molecule has 27 heavy (non-hydrogen) atoms. The van der Waals surface area contributed by atoms with Crippen molar-refractivity contribution in [3.63, 3.8) is 0 Å². The van der Waals surface area contributed by atoms with E-state index in [0.29, 0.717) is 23.4 Å². The van der Waals surface area contributed by atoms with E-state index >= 15 is 0 Å². The van der Waals surface area contributed by atoms with Gasteiger partial charge >= 0.3 is 0 Å². The van der Waals surface area contributed by atoms with E-state index in [-0.39, 0.29) is 36.6 Å². The topological polar surface area (TPSA) is 72.4 Å². The Balaban J connectivity index is 0.00000131. The Morgan fingerprint density at radius 3 is 2.67 bits per heavy atom. The maximum Gasteiger partial charge on any atom is 0.226 e. The first-order chi connectivity index (χ1) is 12.2. The minimum atomic E-state index is 0. The Hall–Kier alpha value is -1.01. The lowest BCUT2D eigenvalue weighted by molar-refractivity contribution is -0.137. The number of aromatic nitrogens is 1. The summed E-state index contributed by atoms with van der Waals surface area (Å²) >= 11 is 6.02. The number of hydrogen-bond acceptors (Lipinski definition) is 4. The average molecular weight is 435 g/mol. The third-order valence-corrected chi connectivity index (χ3v) is 6.04. The number of benzene rings is 1. The lowest BCUT2D eigenvalue weighted by Gasteiger charge is -2.33. The molecule has 5 nitrogen and oxygen atoms in total. The predicted octanol–water partition coefficient (Wildman–Crippen LogP) is 4.41. The Morgan fingerprint density at radius 1 is 1.22 bits per heavy atom. The SMILES string of the molecule is Cl.Cl.NC[C@H]1CCC[C@H]1C(=O)N1CCC(c2nc3cc(Cl)ccc3o2)CC1. The number of carbonyl (C=O) groups is 1. The summed E-state index contributed by atoms with van der Waals surface area (Å²) in [5, 5.41) is 0.666. The number of halogens is 3. The molecule has 1 saturated heterocycles. The number of piperidine rings is 1. The third kappa shape index (κ3) is 4.53. The van der Waals surface area contributed by atoms with Gasteiger partial charge in [0.2, 0.25) is 5.91 Å². The molecule has 2 fully saturated rings. The van der Waals surface area contributed by atoms with Crippen molar-refractivity contribution < 1.29 is 9.21 Å². The van der Waals surface area contributed by atoms with E-state index in [1.54, 1.807) is 0 Å². The number of hydrogen-bond donors (Lipinski definition) is 1. The second-order valence-electron chi connectivity index (χ2n) is 7.30. The molecule has 1 aromatic carbocycles. The summed E-state index contributed by atoms with van der Waals surface area (Å²) in [5.41, 5.74) is 7.41. The van der Waals surface area contributed by atoms with Crippen LogP contribution in [0.1, 0.15) is 43.9 Å². The molecule has 2 N–H and O–H groups in total. The van der Waals surface area contributed by atoms with Crippen molar-refractivity contribution in [3.8, 4) is 0 Å². The van der Waals surface area contributed by atoms with Gasteiger partial charge in [0.05, 0.1) is 0 Å². The Morgan fingerprint density at radius 2 is 1.96 bits per heavy atom. The van der Waals surface area contributed by atoms with Crippen LogP contribution < -0.4 is 5.73 Å². The van der Waals surface area contributed by atoms with Crippen LogP contribution in [0.2, 0.25) is 5.02 Å². The molecule has 1 aliphatic carbocycles. The molecule has 2 atom stereocenters. The number of oxazole rings is 1. The predicted molar refractivity (Wildman–Crippen MR) is 112 cm³/mol. The van der Waals surface area contributed by atoms with E-state index in [0.717, 1.165) is 62.2 Å². The molecular formula is C19H26Cl3N3O2. The Bertz CT molecular complexity index is 775. The van der Waals surface area contributed by atoms with Crippen molar-refractivity contribution in [1.82, 2.24) is 9.88 Å². The van der Waals surface area contributed by atoms with Crippen molar-refractivity contribution in [2.75, 3.05) is 19.6 Å². The number of nitrogens with zero attached hydrogens (tertiary/aromatic N) is 2. The van der Waals surface area contributed by atoms with E-state index in [2.05, 4.69) is 4.98 Å². The lowest BCUT2D eigenvalue weighted by atomic mass is 9.91. The number of fused-ring (bicyclic) bond motifs is 1. The van der Waals surface area contributed by atoms with Crippen LogP contribution in [0.3, 0.4) is 0 Å². The van der Waals surface area contributed by atoms with E-state index in [1.165, 1.54) is 0 Å². The first-order valence-electron chi connectivity index (χ1n) is 9.20. The molecule has 8 heteroatoms. The van der Waals surface area contributed by atoms with Crippen LogP contribution in [0.5, 0.6) is 0 Å². The van der Waals surface area contributed by atoms with Gasteiger partial charge < -0.3 is 15.1 Å². The molecule has 2 aliphatic rings. The van der Waals surface area contributed by atoms with Crippen LogP contribution >= 0.6 is 36.4 Å². The first-order valence-corrected chi connectivity index (χ1v) is 9.58. The highest BCUT2D eigenvalue weighted by Crippen LogP contribution is 2.35. The standard InChI is InChI=1S/C19H24ClN3O2.2ClH/c20-14-4-5-17-16(10-14)22-18(25-17)12-6-8-23(9-7-12)19(24)15-3-1-2-13(15)11-21;;/h4-5,10,12-13,15H,1-3,6-9,11,21H2;2*1H/t13-,15-;;/m1../s1. The maximum atomic E-state index is 12.8. The summed E-state index contributed by atoms with van der Waals surface area (Å²) in [6.45, 7) is 2.17. The van der Waals surface area contributed by atoms with Gasteiger partial charge in [-0.2, -0.15) is 0 Å². The second-order valence-corrected chi connectivity index (χ2v) is 7.73. The molecule has 2 heterocycles. The van der Waals surface area contributed by atoms with Gasteiger partial charge in [0.25, 0.3) is 0 Å². The first kappa shape index (κ1) is 22.3. The quantitative estimate of drug-likeness (QED) is 0.777. The van der Waals surface area contributed by atoms with E-state index in [1.807, 2.05) is 23.1 Å². The Labute approximate surface area is 176 Å². The van der Waals surface area contributed by atoms with Gasteiger partial charge in [-0.15, -0.1) is 24.8 Å². The summed E-state index contributed by atoms with van der Waals surface area (Å²) in [6, 6.07) is 5.51. The Kier molecular flexibility index (Phi) is 7.81. The molecule has 0 unspecified atom stereocenters. The summed E-state index contributed by atoms with van der Waals surface area (Å²) in [7, 11) is 0. The molecule has 0 radical (unpaired) electrons. The molecule has 0 bridgehead atoms. The zero-order chi connectivity index (χ0) is 17.4. The van der Waals surface area contributed by atoms with Crippen LogP contribution in [0.4, 0.5) is 0 Å². The summed E-state index contributed by atoms with van der Waals surface area (Å²) in [5.74, 6) is 1.84. The smallest absolute Gasteiger partial charge is 0.226 e. The minimum Gasteiger partial charge on any atom is -0.440 e. The average Bonchev–Trinajstić information content (AvgIpc) is 3.27. The van der Waals surface area contributed by atoms with Crippen LogP contribution in [0.25, 0.3) is 11.1 Å². The van der Waals surface area contributed by atoms with Crippen LogP contribution in [-0.2, 0) is 4.79 Å². The molecule has 150 valence electrons. The third-order valence-electron chi connectivity index (χ3n) is 5.80. The minimum absolute atomic E-state index is 0. The molecule has 4 rings (SSSR count). The zero-order valence-corrected chi connectivity index (χ0v) is 17.5. The highest BCUT2D eigenvalue weighted by Gasteiger charge is 2.36. The van der Waals surface area contributed by atoms with Gasteiger partial charge in [-0.05, 0) is 56.3 Å². The molecule has 0 spiro atoms. The largest absolute Gasteiger partial charge is 0.440 e. The summed E-state index contributed by atoms with van der Waals surface area (Å²) in [4.78, 5) is 19.4. The van der Waals surface area contributed by atoms with Gasteiger partial charge in [-0.25, -0.2) is 4.98 Å². The molecule has 1 aliphatic heterocycles. The number of nitrogens with two attached hydrogens (primary N) is 1. The van der Waals surface area contributed by atoms with Crippen LogP contribution in [0.15, 0.2) is 22.6 Å². The number of rotatable bonds is 3. The van der Waals surface area contributed by atoms with Crippen molar-refractivity contribution in [2.24, 2.45) is 17.6 Å². The summed E-state index contributed by atoms with van der Waals surface area (Å²) in [6.07, 6.45) is 5.00. The summed E-state index contributed by atoms with van der Waals surface area (Å²) < 4.78 is 5.90. The fourth-order valence-corrected chi connectivity index (χ4v) is 4.48. The second kappa shape index (κ2) is 9.46. The number of likely N-dealkylation sites (tertiary alicyclic amines) is 1. The maximum absolute atomic E-state index is 12.8. The van der Waals surface area contributed by atoms with E-state index < -0.39 is 0 Å². The van der Waals surface area contributed by atoms with Crippen molar-refractivity contribution in [1.29, 1.82) is 0 Å². The van der Waals surface area contributed by atoms with Gasteiger partial charge in [-0.3, -0.25) is 4.79 Å². The van der Waals surface area contributed by atoms with Gasteiger partial charge in [0, 0.05) is 29.9 Å². The molecule has 2 aromatic rings. The van der Waals surface area contributed by atoms with Crippen LogP contribution in [0, 0.1) is 11.8 Å². The lowest BCUT2D eigenvalue weighted by Crippen LogP contribution is -2.43. The van der Waals surface area contributed by atoms with Crippen molar-refractivity contribution in [3.05, 3.63) is 29.1 Å². The number of carbonyl (C=O) groups excluding carboxylic acids is 1. The molecular weight excluding hydrogens is 409 g/mol. The van der Waals surface area contributed by atoms with Gasteiger partial charge in [0.15, 0.2) is 11.5 Å². The van der Waals surface area contributed by atoms with E-state index in [9.17, 15) is 4.79 Å². The fraction of sp³-hybridized carbons (Fsp3) is 0.579. The highest BCUT2D eigenvalue weighted by atomic mass is 35.5. The van der Waals surface area contributed by atoms with Gasteiger partial charge in [-0.1, -0.05) is 18.0 Å². The van der Waals surface area contributed by atoms with Crippen molar-refractivity contribution in [2.45, 2.75) is 38.0 Å². The molecule has 1 amide bonds. The molecule has 1 aromatic heterocycles. The number of amides is 1. The van der Waals surface area contributed by atoms with E-state index in [4.69, 9.17) is 21.8 Å². The molecule has 1 saturated carbocycles. The van der Waals surface area contributed by atoms with Gasteiger partial charge in [0.1, 0.15) is 5.52 Å². The monoisotopic (exact) mass is 433 g/mol. The zero-order valence-electron chi connectivity index (χ0n) is 15.1. The van der Waals surface area contributed by atoms with Crippen LogP contribution in [-0.4, -0.2) is 35.4 Å². The normalized spacial score (nSPS) is 23.1. The van der Waals surface area contributed by atoms with Crippen molar-refractivity contribution >= 4 is 53.4 Å². The fourth-order valence-electron chi connectivity index (χ4n) is 4.32. The highest BCUT2D eigenvalue weighted by molar-refractivity contribution is 6.31.